The highest BCUT2D eigenvalue weighted by Crippen LogP contribution is 2.46. The third kappa shape index (κ3) is 7.62. The first-order valence-corrected chi connectivity index (χ1v) is 22.2. The lowest BCUT2D eigenvalue weighted by Crippen LogP contribution is -2.50. The maximum absolute atomic E-state index is 15.8. The molecule has 5 aromatic rings. The number of alkyl halides is 2. The van der Waals surface area contributed by atoms with Gasteiger partial charge in [-0.25, -0.2) is 22.5 Å². The van der Waals surface area contributed by atoms with Gasteiger partial charge in [0, 0.05) is 83.2 Å². The van der Waals surface area contributed by atoms with Gasteiger partial charge < -0.3 is 29.7 Å². The largest absolute Gasteiger partial charge is 0.480 e. The highest BCUT2D eigenvalue weighted by atomic mass is 35.5. The fraction of sp³-hybridized carbons (Fsp3) is 0.500. The van der Waals surface area contributed by atoms with E-state index in [4.69, 9.17) is 21.3 Å². The van der Waals surface area contributed by atoms with Crippen molar-refractivity contribution in [1.82, 2.24) is 34.5 Å². The predicted octanol–water partition coefficient (Wildman–Crippen LogP) is 5.91. The summed E-state index contributed by atoms with van der Waals surface area (Å²) in [5, 5.41) is 13.9. The lowest BCUT2D eigenvalue weighted by atomic mass is 9.86. The Labute approximate surface area is 370 Å². The van der Waals surface area contributed by atoms with Gasteiger partial charge in [0.25, 0.3) is 5.56 Å². The molecule has 0 radical (unpaired) electrons. The van der Waals surface area contributed by atoms with E-state index < -0.39 is 41.8 Å². The summed E-state index contributed by atoms with van der Waals surface area (Å²) in [5.74, 6) is -4.90. The van der Waals surface area contributed by atoms with Gasteiger partial charge in [0.2, 0.25) is 23.5 Å². The van der Waals surface area contributed by atoms with E-state index in [0.29, 0.717) is 79.5 Å². The zero-order valence-corrected chi connectivity index (χ0v) is 36.3. The van der Waals surface area contributed by atoms with Gasteiger partial charge in [-0.2, -0.15) is 10.1 Å². The zero-order chi connectivity index (χ0) is 44.8. The lowest BCUT2D eigenvalue weighted by Gasteiger charge is -2.42. The van der Waals surface area contributed by atoms with E-state index in [1.807, 2.05) is 0 Å². The highest BCUT2D eigenvalue weighted by molar-refractivity contribution is 6.33. The summed E-state index contributed by atoms with van der Waals surface area (Å²) in [6.45, 7) is 6.28. The van der Waals surface area contributed by atoms with Crippen LogP contribution in [0.25, 0.3) is 21.8 Å². The monoisotopic (exact) mass is 905 g/mol. The molecule has 7 heterocycles. The number of imide groups is 1. The molecule has 4 fully saturated rings. The standard InChI is InChI=1S/C44H48ClF4N11O4/c1-22-19-60(9-8-24(22)20-58-10-12-59(13-11-58)34-17-33-26(14-30(34)47)36(55-57(33)3)25-6-7-35(61)52-41(25)62)43-50-18-28(45)40(54-43)51-31-15-27-32(16-29(31)46)56(2)42(63)38-37(27)53-39(23-4-5-23)44(48,49)21-64-38/h14-18,22-25,39,53H,4-13,19-21H2,1-3H3,(H,50,51,54)(H,52,61,62)/t22-,24-,25?,39+/m1/s1. The number of ether oxygens (including phenoxy) is 1. The number of hydrogen-bond acceptors (Lipinski definition) is 12. The molecular formula is C44H48ClF4N11O4. The van der Waals surface area contributed by atoms with E-state index in [2.05, 4.69) is 47.7 Å². The number of rotatable bonds is 8. The van der Waals surface area contributed by atoms with Gasteiger partial charge in [-0.15, -0.1) is 0 Å². The molecule has 1 saturated carbocycles. The van der Waals surface area contributed by atoms with Crippen LogP contribution in [0.4, 0.5) is 46.4 Å². The van der Waals surface area contributed by atoms with E-state index in [0.717, 1.165) is 31.6 Å². The number of benzene rings is 2. The molecule has 3 N–H and O–H groups in total. The maximum atomic E-state index is 15.8. The second-order valence-electron chi connectivity index (χ2n) is 18.0. The number of fused-ring (bicyclic) bond motifs is 4. The van der Waals surface area contributed by atoms with Crippen LogP contribution >= 0.6 is 11.6 Å². The van der Waals surface area contributed by atoms with Crippen molar-refractivity contribution in [1.29, 1.82) is 0 Å². The number of aryl methyl sites for hydroxylation is 2. The summed E-state index contributed by atoms with van der Waals surface area (Å²) in [6.07, 6.45) is 4.14. The van der Waals surface area contributed by atoms with Gasteiger partial charge in [0.15, 0.2) is 12.4 Å². The number of piperidine rings is 2. The van der Waals surface area contributed by atoms with E-state index in [1.54, 1.807) is 17.8 Å². The zero-order valence-electron chi connectivity index (χ0n) is 35.6. The number of pyridine rings is 1. The first-order valence-electron chi connectivity index (χ1n) is 21.8. The third-order valence-corrected chi connectivity index (χ3v) is 14.0. The van der Waals surface area contributed by atoms with Gasteiger partial charge in [-0.3, -0.25) is 29.3 Å². The molecule has 2 aromatic carbocycles. The minimum atomic E-state index is -3.22. The van der Waals surface area contributed by atoms with E-state index in [1.165, 1.54) is 36.0 Å². The summed E-state index contributed by atoms with van der Waals surface area (Å²) in [5.41, 5.74) is 1.33. The average molecular weight is 906 g/mol. The molecule has 3 saturated heterocycles. The number of halogens is 5. The van der Waals surface area contributed by atoms with Gasteiger partial charge in [0.1, 0.15) is 16.7 Å². The average Bonchev–Trinajstić information content (AvgIpc) is 4.07. The molecule has 4 aliphatic heterocycles. The fourth-order valence-corrected chi connectivity index (χ4v) is 10.1. The number of amides is 2. The molecular weight excluding hydrogens is 858 g/mol. The first-order chi connectivity index (χ1) is 30.6. The first kappa shape index (κ1) is 42.3. The molecule has 338 valence electrons. The van der Waals surface area contributed by atoms with E-state index in [9.17, 15) is 14.4 Å². The van der Waals surface area contributed by atoms with Crippen molar-refractivity contribution in [3.63, 3.8) is 0 Å². The Morgan fingerprint density at radius 3 is 2.45 bits per heavy atom. The van der Waals surface area contributed by atoms with Crippen LogP contribution in [0, 0.1) is 29.4 Å². The van der Waals surface area contributed by atoms with Crippen LogP contribution in [0.5, 0.6) is 5.75 Å². The number of carbonyl (C=O) groups is 2. The van der Waals surface area contributed by atoms with Crippen LogP contribution in [0.15, 0.2) is 35.3 Å². The molecule has 2 amide bonds. The van der Waals surface area contributed by atoms with Crippen LogP contribution in [-0.4, -0.2) is 105 Å². The summed E-state index contributed by atoms with van der Waals surface area (Å²) < 4.78 is 70.3. The second-order valence-corrected chi connectivity index (χ2v) is 18.4. The number of hydrogen-bond donors (Lipinski definition) is 3. The minimum Gasteiger partial charge on any atom is -0.480 e. The highest BCUT2D eigenvalue weighted by Gasteiger charge is 2.51. The summed E-state index contributed by atoms with van der Waals surface area (Å²) in [7, 11) is 3.22. The topological polar surface area (TPSA) is 155 Å². The van der Waals surface area contributed by atoms with Crippen LogP contribution in [0.1, 0.15) is 50.6 Å². The van der Waals surface area contributed by atoms with Gasteiger partial charge in [-0.05, 0) is 61.6 Å². The molecule has 1 aliphatic carbocycles. The summed E-state index contributed by atoms with van der Waals surface area (Å²) >= 11 is 6.57. The predicted molar refractivity (Wildman–Crippen MR) is 234 cm³/mol. The number of nitrogens with one attached hydrogen (secondary N) is 3. The molecule has 0 spiro atoms. The van der Waals surface area contributed by atoms with Crippen molar-refractivity contribution in [2.45, 2.75) is 56.9 Å². The number of nitrogens with zero attached hydrogens (tertiary/aromatic N) is 8. The Kier molecular flexibility index (Phi) is 10.6. The normalized spacial score (nSPS) is 24.0. The SMILES string of the molecule is C[C@@H]1CN(c2ncc(Cl)c(Nc3cc4c5c(c(=O)n(C)c4cc3F)OCC(F)(F)[C@H](C3CC3)N5)n2)CC[C@@H]1CN1CCN(c2cc3c(cc2F)c(C2CCC(=O)NC2=O)nn3C)CC1. The van der Waals surface area contributed by atoms with Crippen molar-refractivity contribution in [3.8, 4) is 5.75 Å². The molecule has 4 atom stereocenters. The number of aromatic nitrogens is 5. The van der Waals surface area contributed by atoms with Gasteiger partial charge in [0.05, 0.1) is 51.9 Å². The van der Waals surface area contributed by atoms with E-state index in [-0.39, 0.29) is 63.5 Å². The molecule has 0 bridgehead atoms. The van der Waals surface area contributed by atoms with Crippen molar-refractivity contribution < 1.29 is 31.9 Å². The van der Waals surface area contributed by atoms with Crippen LogP contribution in [0.2, 0.25) is 5.02 Å². The van der Waals surface area contributed by atoms with Crippen molar-refractivity contribution in [2.24, 2.45) is 31.8 Å². The van der Waals surface area contributed by atoms with Gasteiger partial charge in [-0.1, -0.05) is 18.5 Å². The van der Waals surface area contributed by atoms with Crippen LogP contribution in [-0.2, 0) is 23.7 Å². The van der Waals surface area contributed by atoms with Gasteiger partial charge >= 0.3 is 5.92 Å². The van der Waals surface area contributed by atoms with Crippen LogP contribution < -0.4 is 36.0 Å². The Bertz CT molecular complexity index is 2770. The number of anilines is 5. The molecule has 10 rings (SSSR count). The molecule has 15 nitrogen and oxygen atoms in total. The molecule has 3 aromatic heterocycles. The van der Waals surface area contributed by atoms with Crippen molar-refractivity contribution >= 4 is 74.0 Å². The molecule has 1 unspecified atom stereocenters. The second kappa shape index (κ2) is 16.1. The van der Waals surface area contributed by atoms with Crippen molar-refractivity contribution in [2.75, 3.05) is 72.9 Å². The van der Waals surface area contributed by atoms with Crippen molar-refractivity contribution in [3.05, 3.63) is 63.2 Å². The third-order valence-electron chi connectivity index (χ3n) is 13.8. The Balaban J connectivity index is 0.794. The molecule has 64 heavy (non-hydrogen) atoms. The minimum absolute atomic E-state index is 0.0213. The molecule has 20 heteroatoms. The molecule has 5 aliphatic rings. The fourth-order valence-electron chi connectivity index (χ4n) is 9.94. The Morgan fingerprint density at radius 1 is 0.938 bits per heavy atom. The van der Waals surface area contributed by atoms with Crippen LogP contribution in [0.3, 0.4) is 0 Å². The summed E-state index contributed by atoms with van der Waals surface area (Å²) in [4.78, 5) is 53.3. The lowest BCUT2D eigenvalue weighted by molar-refractivity contribution is -0.134. The Hall–Kier alpha value is -5.69. The summed E-state index contributed by atoms with van der Waals surface area (Å²) in [6, 6.07) is 4.66. The van der Waals surface area contributed by atoms with E-state index >= 15 is 17.6 Å². The number of carbonyl (C=O) groups excluding carboxylic acids is 2. The number of piperazine rings is 1. The maximum Gasteiger partial charge on any atom is 0.301 e. The Morgan fingerprint density at radius 2 is 1.72 bits per heavy atom. The smallest absolute Gasteiger partial charge is 0.301 e. The quantitative estimate of drug-likeness (QED) is 0.125.